The number of rotatable bonds is 6. The molecule has 1 rings (SSSR count). The van der Waals surface area contributed by atoms with Gasteiger partial charge in [-0.1, -0.05) is 19.9 Å². The van der Waals surface area contributed by atoms with Crippen molar-refractivity contribution in [3.05, 3.63) is 33.9 Å². The molecular weight excluding hydrogens is 244 g/mol. The molecule has 0 heterocycles. The first-order valence-electron chi connectivity index (χ1n) is 6.43. The summed E-state index contributed by atoms with van der Waals surface area (Å²) >= 11 is 0. The number of aliphatic hydroxyl groups is 1. The lowest BCUT2D eigenvalue weighted by Crippen LogP contribution is -2.35. The molecule has 2 N–H and O–H groups in total. The van der Waals surface area contributed by atoms with Crippen LogP contribution in [0.1, 0.15) is 32.8 Å². The van der Waals surface area contributed by atoms with Crippen molar-refractivity contribution in [3.8, 4) is 0 Å². The van der Waals surface area contributed by atoms with Crippen LogP contribution in [-0.2, 0) is 0 Å². The van der Waals surface area contributed by atoms with E-state index in [1.54, 1.807) is 26.0 Å². The molecule has 0 bridgehead atoms. The normalized spacial score (nSPS) is 14.2. The van der Waals surface area contributed by atoms with Crippen molar-refractivity contribution in [1.29, 1.82) is 0 Å². The highest BCUT2D eigenvalue weighted by molar-refractivity contribution is 5.59. The van der Waals surface area contributed by atoms with Gasteiger partial charge in [0.1, 0.15) is 0 Å². The molecule has 0 aliphatic carbocycles. The molecule has 0 aliphatic rings. The highest BCUT2D eigenvalue weighted by atomic mass is 16.6. The molecule has 0 fully saturated rings. The van der Waals surface area contributed by atoms with Crippen LogP contribution >= 0.6 is 0 Å². The third-order valence-electron chi connectivity index (χ3n) is 3.01. The second-order valence-electron chi connectivity index (χ2n) is 5.66. The van der Waals surface area contributed by atoms with Crippen LogP contribution in [0.25, 0.3) is 0 Å². The smallest absolute Gasteiger partial charge is 0.274 e. The minimum absolute atomic E-state index is 0.0912. The topological polar surface area (TPSA) is 75.4 Å². The number of benzene rings is 1. The zero-order valence-electron chi connectivity index (χ0n) is 11.9. The summed E-state index contributed by atoms with van der Waals surface area (Å²) in [6.07, 6.45) is 0.675. The van der Waals surface area contributed by atoms with E-state index in [4.69, 9.17) is 0 Å². The van der Waals surface area contributed by atoms with Crippen LogP contribution in [0.2, 0.25) is 0 Å². The van der Waals surface area contributed by atoms with E-state index in [0.29, 0.717) is 30.1 Å². The number of nitro groups is 1. The van der Waals surface area contributed by atoms with Gasteiger partial charge in [-0.15, -0.1) is 0 Å². The Bertz CT molecular complexity index is 456. The van der Waals surface area contributed by atoms with Gasteiger partial charge in [-0.2, -0.15) is 0 Å². The third-order valence-corrected chi connectivity index (χ3v) is 3.01. The van der Waals surface area contributed by atoms with Crippen LogP contribution in [0.15, 0.2) is 18.2 Å². The molecule has 0 spiro atoms. The fourth-order valence-electron chi connectivity index (χ4n) is 2.25. The molecule has 1 atom stereocenters. The number of anilines is 1. The van der Waals surface area contributed by atoms with Gasteiger partial charge in [0, 0.05) is 23.9 Å². The van der Waals surface area contributed by atoms with Gasteiger partial charge in [0.15, 0.2) is 0 Å². The first kappa shape index (κ1) is 15.4. The van der Waals surface area contributed by atoms with Crippen LogP contribution in [0, 0.1) is 23.0 Å². The molecule has 0 saturated carbocycles. The third kappa shape index (κ3) is 4.52. The summed E-state index contributed by atoms with van der Waals surface area (Å²) in [4.78, 5) is 10.5. The number of hydrogen-bond donors (Lipinski definition) is 2. The summed E-state index contributed by atoms with van der Waals surface area (Å²) in [5.74, 6) is 0.392. The van der Waals surface area contributed by atoms with E-state index >= 15 is 0 Å². The van der Waals surface area contributed by atoms with Crippen LogP contribution in [0.4, 0.5) is 11.4 Å². The molecule has 0 radical (unpaired) electrons. The second kappa shape index (κ2) is 6.02. The van der Waals surface area contributed by atoms with E-state index in [1.807, 2.05) is 13.8 Å². The second-order valence-corrected chi connectivity index (χ2v) is 5.66. The molecule has 0 amide bonds. The Morgan fingerprint density at radius 1 is 1.47 bits per heavy atom. The Kier molecular flexibility index (Phi) is 4.89. The Labute approximate surface area is 113 Å². The zero-order valence-corrected chi connectivity index (χ0v) is 11.9. The van der Waals surface area contributed by atoms with Gasteiger partial charge in [-0.05, 0) is 32.3 Å². The van der Waals surface area contributed by atoms with E-state index in [2.05, 4.69) is 5.32 Å². The number of nitrogens with one attached hydrogen (secondary N) is 1. The molecule has 5 nitrogen and oxygen atoms in total. The van der Waals surface area contributed by atoms with Crippen molar-refractivity contribution in [2.75, 3.05) is 11.9 Å². The van der Waals surface area contributed by atoms with Crippen LogP contribution in [0.3, 0.4) is 0 Å². The molecule has 19 heavy (non-hydrogen) atoms. The lowest BCUT2D eigenvalue weighted by molar-refractivity contribution is -0.385. The lowest BCUT2D eigenvalue weighted by atomic mass is 9.94. The highest BCUT2D eigenvalue weighted by Gasteiger charge is 2.22. The number of hydrogen-bond acceptors (Lipinski definition) is 4. The Morgan fingerprint density at radius 2 is 2.11 bits per heavy atom. The SMILES string of the molecule is Cc1c(NCC(C)(O)CC(C)C)cccc1[N+](=O)[O-]. The van der Waals surface area contributed by atoms with E-state index in [9.17, 15) is 15.2 Å². The molecule has 1 aromatic rings. The average molecular weight is 266 g/mol. The van der Waals surface area contributed by atoms with Crippen molar-refractivity contribution >= 4 is 11.4 Å². The van der Waals surface area contributed by atoms with Gasteiger partial charge in [0.05, 0.1) is 10.5 Å². The van der Waals surface area contributed by atoms with E-state index in [-0.39, 0.29) is 5.69 Å². The summed E-state index contributed by atoms with van der Waals surface area (Å²) in [6.45, 7) is 7.94. The van der Waals surface area contributed by atoms with Gasteiger partial charge < -0.3 is 10.4 Å². The van der Waals surface area contributed by atoms with Gasteiger partial charge >= 0.3 is 0 Å². The van der Waals surface area contributed by atoms with Crippen LogP contribution < -0.4 is 5.32 Å². The average Bonchev–Trinajstić information content (AvgIpc) is 2.25. The predicted molar refractivity (Wildman–Crippen MR) is 76.4 cm³/mol. The molecule has 5 heteroatoms. The molecule has 1 aromatic carbocycles. The van der Waals surface area contributed by atoms with Crippen LogP contribution in [-0.4, -0.2) is 22.2 Å². The van der Waals surface area contributed by atoms with E-state index in [0.717, 1.165) is 0 Å². The largest absolute Gasteiger partial charge is 0.388 e. The first-order chi connectivity index (χ1) is 8.73. The lowest BCUT2D eigenvalue weighted by Gasteiger charge is -2.26. The molecule has 0 aliphatic heterocycles. The van der Waals surface area contributed by atoms with Gasteiger partial charge in [-0.25, -0.2) is 0 Å². The Morgan fingerprint density at radius 3 is 2.63 bits per heavy atom. The summed E-state index contributed by atoms with van der Waals surface area (Å²) in [5.41, 5.74) is 0.546. The van der Waals surface area contributed by atoms with Crippen LogP contribution in [0.5, 0.6) is 0 Å². The zero-order chi connectivity index (χ0) is 14.6. The summed E-state index contributed by atoms with van der Waals surface area (Å²) < 4.78 is 0. The molecule has 1 unspecified atom stereocenters. The quantitative estimate of drug-likeness (QED) is 0.612. The van der Waals surface area contributed by atoms with Crippen molar-refractivity contribution < 1.29 is 10.0 Å². The van der Waals surface area contributed by atoms with E-state index in [1.165, 1.54) is 6.07 Å². The Hall–Kier alpha value is -1.62. The van der Waals surface area contributed by atoms with E-state index < -0.39 is 10.5 Å². The predicted octanol–water partition coefficient (Wildman–Crippen LogP) is 3.11. The minimum Gasteiger partial charge on any atom is -0.388 e. The number of nitro benzene ring substituents is 1. The van der Waals surface area contributed by atoms with Crippen molar-refractivity contribution in [2.45, 2.75) is 39.7 Å². The van der Waals surface area contributed by atoms with Crippen molar-refractivity contribution in [1.82, 2.24) is 0 Å². The highest BCUT2D eigenvalue weighted by Crippen LogP contribution is 2.26. The summed E-state index contributed by atoms with van der Waals surface area (Å²) in [7, 11) is 0. The van der Waals surface area contributed by atoms with Gasteiger partial charge in [-0.3, -0.25) is 10.1 Å². The maximum Gasteiger partial charge on any atom is 0.274 e. The monoisotopic (exact) mass is 266 g/mol. The fraction of sp³-hybridized carbons (Fsp3) is 0.571. The fourth-order valence-corrected chi connectivity index (χ4v) is 2.25. The summed E-state index contributed by atoms with van der Waals surface area (Å²) in [6, 6.07) is 4.91. The molecule has 0 saturated heterocycles. The maximum atomic E-state index is 10.8. The van der Waals surface area contributed by atoms with Gasteiger partial charge in [0.25, 0.3) is 5.69 Å². The molecule has 0 aromatic heterocycles. The minimum atomic E-state index is -0.828. The maximum absolute atomic E-state index is 10.8. The number of nitrogens with zero attached hydrogens (tertiary/aromatic N) is 1. The first-order valence-corrected chi connectivity index (χ1v) is 6.43. The van der Waals surface area contributed by atoms with Gasteiger partial charge in [0.2, 0.25) is 0 Å². The Balaban J connectivity index is 2.78. The standard InChI is InChI=1S/C14H22N2O3/c1-10(2)8-14(4,17)9-15-12-6-5-7-13(11(12)3)16(18)19/h5-7,10,15,17H,8-9H2,1-4H3. The van der Waals surface area contributed by atoms with Crippen molar-refractivity contribution in [2.24, 2.45) is 5.92 Å². The molecular formula is C14H22N2O3. The molecule has 106 valence electrons. The summed E-state index contributed by atoms with van der Waals surface area (Å²) in [5, 5.41) is 24.2. The van der Waals surface area contributed by atoms with Crippen molar-refractivity contribution in [3.63, 3.8) is 0 Å².